The number of fused-ring (bicyclic) bond motifs is 1. The molecule has 3 heterocycles. The van der Waals surface area contributed by atoms with E-state index in [1.807, 2.05) is 0 Å². The van der Waals surface area contributed by atoms with Crippen molar-refractivity contribution in [3.63, 3.8) is 0 Å². The Morgan fingerprint density at radius 1 is 1.08 bits per heavy atom. The van der Waals surface area contributed by atoms with E-state index in [1.165, 1.54) is 47.0 Å². The van der Waals surface area contributed by atoms with Crippen LogP contribution in [0, 0.1) is 5.92 Å². The third-order valence-electron chi connectivity index (χ3n) is 7.03. The summed E-state index contributed by atoms with van der Waals surface area (Å²) in [4.78, 5) is 41.2. The van der Waals surface area contributed by atoms with Gasteiger partial charge in [-0.3, -0.25) is 19.8 Å². The molecule has 0 radical (unpaired) electrons. The molecule has 2 aliphatic rings. The molecule has 3 amide bonds. The Morgan fingerprint density at radius 2 is 1.76 bits per heavy atom. The minimum atomic E-state index is -3.63. The summed E-state index contributed by atoms with van der Waals surface area (Å²) in [6.45, 7) is 7.55. The number of carbonyl (C=O) groups excluding carboxylic acids is 3. The van der Waals surface area contributed by atoms with Crippen molar-refractivity contribution in [3.05, 3.63) is 45.8 Å². The Bertz CT molecular complexity index is 1300. The molecule has 2 aromatic rings. The Balaban J connectivity index is 1.55. The molecule has 10 nitrogen and oxygen atoms in total. The number of nitrogens with zero attached hydrogens (tertiary/aromatic N) is 2. The van der Waals surface area contributed by atoms with Gasteiger partial charge in [0.1, 0.15) is 5.00 Å². The average molecular weight is 563 g/mol. The van der Waals surface area contributed by atoms with Crippen LogP contribution in [0.3, 0.4) is 0 Å². The van der Waals surface area contributed by atoms with Gasteiger partial charge in [-0.25, -0.2) is 13.2 Å². The molecule has 0 bridgehead atoms. The van der Waals surface area contributed by atoms with Crippen LogP contribution >= 0.6 is 11.3 Å². The van der Waals surface area contributed by atoms with Gasteiger partial charge in [-0.15, -0.1) is 11.3 Å². The number of amides is 3. The van der Waals surface area contributed by atoms with Gasteiger partial charge in [0, 0.05) is 36.6 Å². The van der Waals surface area contributed by atoms with Crippen LogP contribution in [0.5, 0.6) is 0 Å². The first-order valence-corrected chi connectivity index (χ1v) is 15.1. The number of methoxy groups -OCH3 is 1. The summed E-state index contributed by atoms with van der Waals surface area (Å²) >= 11 is 1.31. The molecule has 0 unspecified atom stereocenters. The molecule has 0 spiro atoms. The highest BCUT2D eigenvalue weighted by Gasteiger charge is 2.31. The van der Waals surface area contributed by atoms with Crippen LogP contribution in [0.4, 0.5) is 9.80 Å². The number of alkyl carbamates (subject to hydrolysis) is 1. The summed E-state index contributed by atoms with van der Waals surface area (Å²) < 4.78 is 32.1. The molecule has 2 N–H and O–H groups in total. The quantitative estimate of drug-likeness (QED) is 0.527. The van der Waals surface area contributed by atoms with E-state index in [-0.39, 0.29) is 16.0 Å². The fourth-order valence-electron chi connectivity index (χ4n) is 4.83. The monoisotopic (exact) mass is 562 g/mol. The number of thiophene rings is 1. The summed E-state index contributed by atoms with van der Waals surface area (Å²) in [5.74, 6) is -0.604. The van der Waals surface area contributed by atoms with E-state index < -0.39 is 27.9 Å². The van der Waals surface area contributed by atoms with Gasteiger partial charge < -0.3 is 10.1 Å². The molecule has 1 saturated heterocycles. The first-order chi connectivity index (χ1) is 18.1. The first-order valence-electron chi connectivity index (χ1n) is 12.8. The number of anilines is 1. The molecule has 1 aromatic carbocycles. The second-order valence-electron chi connectivity index (χ2n) is 9.74. The molecule has 0 aliphatic carbocycles. The Morgan fingerprint density at radius 3 is 2.39 bits per heavy atom. The number of nitrogens with one attached hydrogen (secondary N) is 2. The van der Waals surface area contributed by atoms with Crippen molar-refractivity contribution in [3.8, 4) is 0 Å². The van der Waals surface area contributed by atoms with Crippen LogP contribution in [-0.2, 0) is 27.7 Å². The Hall–Kier alpha value is -2.80. The minimum absolute atomic E-state index is 0.143. The maximum Gasteiger partial charge on any atom is 0.413 e. The van der Waals surface area contributed by atoms with Crippen LogP contribution < -0.4 is 10.6 Å². The van der Waals surface area contributed by atoms with Gasteiger partial charge in [-0.2, -0.15) is 4.31 Å². The van der Waals surface area contributed by atoms with Crippen molar-refractivity contribution in [1.82, 2.24) is 14.5 Å². The zero-order chi connectivity index (χ0) is 27.4. The van der Waals surface area contributed by atoms with Gasteiger partial charge in [-0.1, -0.05) is 13.8 Å². The molecule has 1 aromatic heterocycles. The fraction of sp³-hybridized carbons (Fsp3) is 0.500. The lowest BCUT2D eigenvalue weighted by Crippen LogP contribution is -2.37. The fourth-order valence-corrected chi connectivity index (χ4v) is 7.58. The zero-order valence-electron chi connectivity index (χ0n) is 21.9. The minimum Gasteiger partial charge on any atom is -0.453 e. The van der Waals surface area contributed by atoms with Crippen molar-refractivity contribution in [2.45, 2.75) is 51.0 Å². The summed E-state index contributed by atoms with van der Waals surface area (Å²) in [5.41, 5.74) is 1.34. The Kier molecular flexibility index (Phi) is 8.86. The number of hydrogen-bond donors (Lipinski definition) is 2. The van der Waals surface area contributed by atoms with Gasteiger partial charge in [0.15, 0.2) is 0 Å². The summed E-state index contributed by atoms with van der Waals surface area (Å²) in [6.07, 6.45) is 2.39. The lowest BCUT2D eigenvalue weighted by atomic mass is 10.0. The highest BCUT2D eigenvalue weighted by atomic mass is 32.2. The van der Waals surface area contributed by atoms with E-state index >= 15 is 0 Å². The van der Waals surface area contributed by atoms with Gasteiger partial charge >= 0.3 is 6.09 Å². The van der Waals surface area contributed by atoms with Crippen molar-refractivity contribution in [1.29, 1.82) is 0 Å². The normalized spacial score (nSPS) is 17.0. The van der Waals surface area contributed by atoms with Crippen molar-refractivity contribution >= 4 is 44.3 Å². The molecular weight excluding hydrogens is 528 g/mol. The molecule has 2 aliphatic heterocycles. The largest absolute Gasteiger partial charge is 0.453 e. The van der Waals surface area contributed by atoms with Crippen LogP contribution in [0.2, 0.25) is 0 Å². The van der Waals surface area contributed by atoms with Gasteiger partial charge in [-0.05, 0) is 68.0 Å². The smallest absolute Gasteiger partial charge is 0.413 e. The number of imide groups is 1. The topological polar surface area (TPSA) is 125 Å². The molecule has 4 rings (SSSR count). The molecule has 0 atom stereocenters. The Labute approximate surface area is 227 Å². The highest BCUT2D eigenvalue weighted by molar-refractivity contribution is 7.89. The molecule has 38 heavy (non-hydrogen) atoms. The van der Waals surface area contributed by atoms with Crippen molar-refractivity contribution < 1.29 is 27.5 Å². The summed E-state index contributed by atoms with van der Waals surface area (Å²) in [6, 6.07) is 5.82. The molecule has 12 heteroatoms. The second-order valence-corrected chi connectivity index (χ2v) is 12.8. The molecular formula is C26H34N4O6S2. The summed E-state index contributed by atoms with van der Waals surface area (Å²) in [5, 5.41) is 5.36. The van der Waals surface area contributed by atoms with E-state index in [4.69, 9.17) is 0 Å². The van der Waals surface area contributed by atoms with E-state index in [0.29, 0.717) is 37.0 Å². The number of rotatable bonds is 7. The predicted octanol–water partition coefficient (Wildman–Crippen LogP) is 3.69. The number of benzene rings is 1. The van der Waals surface area contributed by atoms with E-state index in [1.54, 1.807) is 0 Å². The van der Waals surface area contributed by atoms with Crippen LogP contribution in [0.15, 0.2) is 29.2 Å². The molecule has 1 fully saturated rings. The number of piperidine rings is 1. The van der Waals surface area contributed by atoms with E-state index in [2.05, 4.69) is 34.1 Å². The first kappa shape index (κ1) is 28.2. The molecule has 206 valence electrons. The van der Waals surface area contributed by atoms with E-state index in [9.17, 15) is 22.8 Å². The maximum absolute atomic E-state index is 13.1. The third kappa shape index (κ3) is 6.09. The van der Waals surface area contributed by atoms with Crippen molar-refractivity contribution in [2.24, 2.45) is 5.92 Å². The number of carbonyl (C=O) groups is 3. The third-order valence-corrected chi connectivity index (χ3v) is 10.1. The summed E-state index contributed by atoms with van der Waals surface area (Å²) in [7, 11) is -2.46. The maximum atomic E-state index is 13.1. The van der Waals surface area contributed by atoms with Crippen LogP contribution in [0.25, 0.3) is 0 Å². The van der Waals surface area contributed by atoms with Gasteiger partial charge in [0.05, 0.1) is 17.6 Å². The number of sulfonamides is 1. The number of ether oxygens (including phenoxy) is 1. The lowest BCUT2D eigenvalue weighted by molar-refractivity contribution is 0.0936. The SMILES string of the molecule is CCCN1CCc2c(sc(NC(=O)c3ccc(S(=O)(=O)N4CCC(C)CC4)cc3)c2C(=O)NC(=O)OC)C1. The van der Waals surface area contributed by atoms with Gasteiger partial charge in [0.2, 0.25) is 10.0 Å². The zero-order valence-corrected chi connectivity index (χ0v) is 23.5. The standard InChI is InChI=1S/C26H34N4O6S2/c1-4-12-29-13-11-20-21(16-29)37-25(22(20)24(32)28-26(33)36-3)27-23(31)18-5-7-19(8-6-18)38(34,35)30-14-9-17(2)10-15-30/h5-8,17H,4,9-16H2,1-3H3,(H,27,31)(H,28,32,33). The van der Waals surface area contributed by atoms with Crippen molar-refractivity contribution in [2.75, 3.05) is 38.6 Å². The highest BCUT2D eigenvalue weighted by Crippen LogP contribution is 2.37. The molecule has 0 saturated carbocycles. The van der Waals surface area contributed by atoms with Gasteiger partial charge in [0.25, 0.3) is 11.8 Å². The lowest BCUT2D eigenvalue weighted by Gasteiger charge is -2.29. The van der Waals surface area contributed by atoms with E-state index in [0.717, 1.165) is 42.8 Å². The van der Waals surface area contributed by atoms with Crippen LogP contribution in [0.1, 0.15) is 64.3 Å². The number of hydrogen-bond acceptors (Lipinski definition) is 8. The average Bonchev–Trinajstić information content (AvgIpc) is 3.26. The predicted molar refractivity (Wildman–Crippen MR) is 145 cm³/mol. The van der Waals surface area contributed by atoms with Crippen LogP contribution in [-0.4, -0.2) is 68.8 Å². The second kappa shape index (κ2) is 11.9.